The van der Waals surface area contributed by atoms with Crippen molar-refractivity contribution < 1.29 is 19.1 Å². The highest BCUT2D eigenvalue weighted by atomic mass is 32.2. The van der Waals surface area contributed by atoms with Crippen molar-refractivity contribution in [1.29, 1.82) is 0 Å². The number of benzene rings is 1. The second-order valence-electron chi connectivity index (χ2n) is 9.04. The minimum absolute atomic E-state index is 0.00662. The van der Waals surface area contributed by atoms with Gasteiger partial charge in [0.1, 0.15) is 6.04 Å². The lowest BCUT2D eigenvalue weighted by Crippen LogP contribution is -2.45. The zero-order valence-corrected chi connectivity index (χ0v) is 19.4. The second kappa shape index (κ2) is 10.7. The first-order chi connectivity index (χ1) is 13.3. The first-order valence-electron chi connectivity index (χ1n) is 9.71. The molecule has 7 heteroatoms. The van der Waals surface area contributed by atoms with Crippen LogP contribution in [0, 0.1) is 0 Å². The van der Waals surface area contributed by atoms with Gasteiger partial charge in [0.2, 0.25) is 0 Å². The number of carbonyl (C=O) groups excluding carboxylic acids is 3. The zero-order chi connectivity index (χ0) is 22.2. The lowest BCUT2D eigenvalue weighted by molar-refractivity contribution is -0.150. The first kappa shape index (κ1) is 25.0. The molecule has 0 saturated carbocycles. The van der Waals surface area contributed by atoms with Gasteiger partial charge in [0.15, 0.2) is 6.61 Å². The molecule has 0 bridgehead atoms. The van der Waals surface area contributed by atoms with E-state index in [1.807, 2.05) is 39.2 Å². The zero-order valence-electron chi connectivity index (χ0n) is 18.5. The van der Waals surface area contributed by atoms with E-state index in [2.05, 4.69) is 31.4 Å². The fraction of sp³-hybridized carbons (Fsp3) is 0.591. The van der Waals surface area contributed by atoms with Crippen molar-refractivity contribution in [2.45, 2.75) is 65.0 Å². The molecule has 0 fully saturated rings. The maximum atomic E-state index is 12.6. The average Bonchev–Trinajstić information content (AvgIpc) is 2.61. The van der Waals surface area contributed by atoms with Crippen LogP contribution in [0.4, 0.5) is 0 Å². The fourth-order valence-electron chi connectivity index (χ4n) is 2.54. The van der Waals surface area contributed by atoms with E-state index < -0.39 is 17.6 Å². The monoisotopic (exact) mass is 422 g/mol. The highest BCUT2D eigenvalue weighted by Crippen LogP contribution is 2.22. The van der Waals surface area contributed by atoms with Crippen LogP contribution in [0.15, 0.2) is 24.3 Å². The van der Waals surface area contributed by atoms with Gasteiger partial charge in [-0.05, 0) is 62.3 Å². The number of esters is 1. The van der Waals surface area contributed by atoms with Crippen LogP contribution < -0.4 is 10.6 Å². The summed E-state index contributed by atoms with van der Waals surface area (Å²) < 4.78 is 5.13. The molecule has 0 saturated heterocycles. The fourth-order valence-corrected chi connectivity index (χ4v) is 3.01. The molecule has 0 unspecified atom stereocenters. The SMILES string of the molecule is CSCC[C@H](NC(=O)c1ccc(C(C)(C)C)cc1)C(=O)OCC(=O)NC(C)(C)C. The standard InChI is InChI=1S/C22H34N2O4S/c1-21(2,3)16-10-8-15(9-11-16)19(26)23-17(12-13-29-7)20(27)28-14-18(25)24-22(4,5)6/h8-11,17H,12-14H2,1-7H3,(H,23,26)(H,24,25)/t17-/m0/s1. The van der Waals surface area contributed by atoms with Gasteiger partial charge in [-0.15, -0.1) is 0 Å². The van der Waals surface area contributed by atoms with Crippen molar-refractivity contribution in [3.8, 4) is 0 Å². The highest BCUT2D eigenvalue weighted by molar-refractivity contribution is 7.98. The maximum Gasteiger partial charge on any atom is 0.329 e. The molecule has 0 aliphatic heterocycles. The van der Waals surface area contributed by atoms with E-state index in [1.54, 1.807) is 23.9 Å². The van der Waals surface area contributed by atoms with E-state index in [-0.39, 0.29) is 23.8 Å². The van der Waals surface area contributed by atoms with Crippen molar-refractivity contribution in [2.75, 3.05) is 18.6 Å². The molecule has 1 rings (SSSR count). The number of thioether (sulfide) groups is 1. The third-order valence-corrected chi connectivity index (χ3v) is 4.72. The Balaban J connectivity index is 2.75. The van der Waals surface area contributed by atoms with E-state index in [4.69, 9.17) is 4.74 Å². The Morgan fingerprint density at radius 1 is 1.03 bits per heavy atom. The van der Waals surface area contributed by atoms with Crippen LogP contribution in [0.3, 0.4) is 0 Å². The Labute approximate surface area is 178 Å². The molecule has 162 valence electrons. The lowest BCUT2D eigenvalue weighted by Gasteiger charge is -2.21. The minimum atomic E-state index is -0.806. The summed E-state index contributed by atoms with van der Waals surface area (Å²) >= 11 is 1.57. The number of hydrogen-bond acceptors (Lipinski definition) is 5. The van der Waals surface area contributed by atoms with Gasteiger partial charge in [-0.25, -0.2) is 4.79 Å². The van der Waals surface area contributed by atoms with Gasteiger partial charge in [-0.3, -0.25) is 9.59 Å². The summed E-state index contributed by atoms with van der Waals surface area (Å²) in [5, 5.41) is 5.47. The largest absolute Gasteiger partial charge is 0.454 e. The highest BCUT2D eigenvalue weighted by Gasteiger charge is 2.24. The van der Waals surface area contributed by atoms with E-state index in [0.29, 0.717) is 17.7 Å². The van der Waals surface area contributed by atoms with Crippen LogP contribution in [0.2, 0.25) is 0 Å². The van der Waals surface area contributed by atoms with E-state index >= 15 is 0 Å². The quantitative estimate of drug-likeness (QED) is 0.628. The molecule has 0 spiro atoms. The smallest absolute Gasteiger partial charge is 0.329 e. The van der Waals surface area contributed by atoms with Crippen LogP contribution in [0.1, 0.15) is 63.9 Å². The summed E-state index contributed by atoms with van der Waals surface area (Å²) in [6.07, 6.45) is 2.35. The summed E-state index contributed by atoms with van der Waals surface area (Å²) in [6.45, 7) is 11.5. The van der Waals surface area contributed by atoms with Gasteiger partial charge in [0, 0.05) is 11.1 Å². The molecule has 0 aliphatic carbocycles. The molecule has 1 atom stereocenters. The molecular weight excluding hydrogens is 388 g/mol. The predicted octanol–water partition coefficient (Wildman–Crippen LogP) is 3.29. The molecule has 0 aromatic heterocycles. The predicted molar refractivity (Wildman–Crippen MR) is 118 cm³/mol. The number of carbonyl (C=O) groups is 3. The van der Waals surface area contributed by atoms with E-state index in [0.717, 1.165) is 5.56 Å². The molecule has 2 amide bonds. The summed E-state index contributed by atoms with van der Waals surface area (Å²) in [7, 11) is 0. The molecule has 6 nitrogen and oxygen atoms in total. The molecule has 0 heterocycles. The van der Waals surface area contributed by atoms with Crippen molar-refractivity contribution >= 4 is 29.5 Å². The third kappa shape index (κ3) is 9.35. The van der Waals surface area contributed by atoms with Crippen LogP contribution in [0.5, 0.6) is 0 Å². The van der Waals surface area contributed by atoms with Crippen molar-refractivity contribution in [1.82, 2.24) is 10.6 Å². The molecule has 1 aromatic rings. The summed E-state index contributed by atoms with van der Waals surface area (Å²) in [5.74, 6) is -0.647. The van der Waals surface area contributed by atoms with Crippen LogP contribution in [0.25, 0.3) is 0 Å². The molecule has 1 aromatic carbocycles. The first-order valence-corrected chi connectivity index (χ1v) is 11.1. The Morgan fingerprint density at radius 3 is 2.10 bits per heavy atom. The Bertz CT molecular complexity index is 703. The maximum absolute atomic E-state index is 12.6. The van der Waals surface area contributed by atoms with Gasteiger partial charge in [0.25, 0.3) is 11.8 Å². The van der Waals surface area contributed by atoms with Crippen LogP contribution >= 0.6 is 11.8 Å². The molecule has 0 radical (unpaired) electrons. The van der Waals surface area contributed by atoms with E-state index in [1.165, 1.54) is 0 Å². The lowest BCUT2D eigenvalue weighted by atomic mass is 9.86. The van der Waals surface area contributed by atoms with Gasteiger partial charge in [-0.1, -0.05) is 32.9 Å². The van der Waals surface area contributed by atoms with Gasteiger partial charge >= 0.3 is 5.97 Å². The van der Waals surface area contributed by atoms with Crippen molar-refractivity contribution in [3.63, 3.8) is 0 Å². The normalized spacial score (nSPS) is 12.8. The number of hydrogen-bond donors (Lipinski definition) is 2. The molecule has 29 heavy (non-hydrogen) atoms. The van der Waals surface area contributed by atoms with Gasteiger partial charge in [0.05, 0.1) is 0 Å². The van der Waals surface area contributed by atoms with Gasteiger partial charge < -0.3 is 15.4 Å². The molecule has 2 N–H and O–H groups in total. The van der Waals surface area contributed by atoms with Crippen LogP contribution in [-0.2, 0) is 19.7 Å². The van der Waals surface area contributed by atoms with Crippen LogP contribution in [-0.4, -0.2) is 48.0 Å². The third-order valence-electron chi connectivity index (χ3n) is 4.07. The average molecular weight is 423 g/mol. The minimum Gasteiger partial charge on any atom is -0.454 e. The number of amides is 2. The van der Waals surface area contributed by atoms with E-state index in [9.17, 15) is 14.4 Å². The molecule has 0 aliphatic rings. The topological polar surface area (TPSA) is 84.5 Å². The Hall–Kier alpha value is -2.02. The van der Waals surface area contributed by atoms with Crippen molar-refractivity contribution in [3.05, 3.63) is 35.4 Å². The molecular formula is C22H34N2O4S. The van der Waals surface area contributed by atoms with Gasteiger partial charge in [-0.2, -0.15) is 11.8 Å². The number of nitrogens with one attached hydrogen (secondary N) is 2. The Morgan fingerprint density at radius 2 is 1.62 bits per heavy atom. The number of ether oxygens (including phenoxy) is 1. The summed E-state index contributed by atoms with van der Waals surface area (Å²) in [5.41, 5.74) is 1.19. The van der Waals surface area contributed by atoms with Crippen molar-refractivity contribution in [2.24, 2.45) is 0 Å². The Kier molecular flexibility index (Phi) is 9.20. The second-order valence-corrected chi connectivity index (χ2v) is 10.0. The summed E-state index contributed by atoms with van der Waals surface area (Å²) in [4.78, 5) is 36.9. The number of rotatable bonds is 8. The summed E-state index contributed by atoms with van der Waals surface area (Å²) in [6, 6.07) is 6.54.